The maximum absolute atomic E-state index is 13.3. The van der Waals surface area contributed by atoms with Gasteiger partial charge in [0.2, 0.25) is 11.8 Å². The average molecular weight is 474 g/mol. The summed E-state index contributed by atoms with van der Waals surface area (Å²) in [4.78, 5) is 37.8. The molecule has 1 fully saturated rings. The summed E-state index contributed by atoms with van der Waals surface area (Å²) in [7, 11) is 0. The van der Waals surface area contributed by atoms with Crippen molar-refractivity contribution in [3.8, 4) is 0 Å². The molecule has 9 heteroatoms. The minimum absolute atomic E-state index is 0.0207. The fourth-order valence-electron chi connectivity index (χ4n) is 3.81. The quantitative estimate of drug-likeness (QED) is 0.407. The molecule has 3 rings (SSSR count). The van der Waals surface area contributed by atoms with Crippen LogP contribution in [0.1, 0.15) is 43.7 Å². The van der Waals surface area contributed by atoms with E-state index < -0.39 is 11.0 Å². The fraction of sp³-hybridized carbons (Fsp3) is 0.417. The number of carbonyl (C=O) groups excluding carboxylic acids is 2. The fourth-order valence-corrected chi connectivity index (χ4v) is 4.68. The van der Waals surface area contributed by atoms with Crippen LogP contribution >= 0.6 is 11.8 Å². The summed E-state index contributed by atoms with van der Waals surface area (Å²) in [6, 6.07) is 11.6. The number of carbonyl (C=O) groups is 2. The molecule has 0 saturated heterocycles. The molecule has 2 amide bonds. The Morgan fingerprint density at radius 1 is 1.12 bits per heavy atom. The van der Waals surface area contributed by atoms with E-state index in [2.05, 4.69) is 5.32 Å². The summed E-state index contributed by atoms with van der Waals surface area (Å²) in [5.74, 6) is -0.0731. The van der Waals surface area contributed by atoms with Gasteiger partial charge in [-0.3, -0.25) is 19.7 Å². The summed E-state index contributed by atoms with van der Waals surface area (Å²) >= 11 is 1.38. The molecule has 0 bridgehead atoms. The zero-order valence-corrected chi connectivity index (χ0v) is 19.4. The highest BCUT2D eigenvalue weighted by Crippen LogP contribution is 2.20. The number of hydrogen-bond donors (Lipinski definition) is 1. The molecule has 1 unspecified atom stereocenters. The third kappa shape index (κ3) is 7.28. The van der Waals surface area contributed by atoms with Crippen molar-refractivity contribution in [3.63, 3.8) is 0 Å². The number of hydrogen-bond acceptors (Lipinski definition) is 5. The van der Waals surface area contributed by atoms with Crippen molar-refractivity contribution in [1.29, 1.82) is 0 Å². The lowest BCUT2D eigenvalue weighted by atomic mass is 10.1. The number of nitro benzene ring substituents is 1. The van der Waals surface area contributed by atoms with Gasteiger partial charge >= 0.3 is 0 Å². The first-order chi connectivity index (χ1) is 15.8. The van der Waals surface area contributed by atoms with Gasteiger partial charge in [-0.2, -0.15) is 0 Å². The van der Waals surface area contributed by atoms with Crippen LogP contribution in [0.25, 0.3) is 0 Å². The van der Waals surface area contributed by atoms with Crippen molar-refractivity contribution < 1.29 is 18.9 Å². The molecule has 1 atom stereocenters. The molecular weight excluding hydrogens is 445 g/mol. The Kier molecular flexibility index (Phi) is 8.82. The van der Waals surface area contributed by atoms with Crippen LogP contribution in [-0.2, 0) is 21.9 Å². The number of nitrogens with one attached hydrogen (secondary N) is 1. The van der Waals surface area contributed by atoms with E-state index in [0.29, 0.717) is 5.75 Å². The van der Waals surface area contributed by atoms with Crippen molar-refractivity contribution in [3.05, 3.63) is 75.6 Å². The van der Waals surface area contributed by atoms with Gasteiger partial charge in [0.05, 0.1) is 10.7 Å². The number of nitro groups is 1. The smallest absolute Gasteiger partial charge is 0.269 e. The lowest BCUT2D eigenvalue weighted by molar-refractivity contribution is -0.384. The number of rotatable bonds is 10. The predicted octanol–water partition coefficient (Wildman–Crippen LogP) is 4.44. The van der Waals surface area contributed by atoms with Gasteiger partial charge in [-0.25, -0.2) is 4.39 Å². The second kappa shape index (κ2) is 11.8. The standard InChI is InChI=1S/C24H28FN3O4S/c1-17(24(30)26-21-4-2-3-5-21)27(14-18-6-10-20(25)11-7-18)23(29)16-33-15-19-8-12-22(13-9-19)28(31)32/h6-13,17,21H,2-5,14-16H2,1H3,(H,26,30). The summed E-state index contributed by atoms with van der Waals surface area (Å²) < 4.78 is 13.3. The van der Waals surface area contributed by atoms with Gasteiger partial charge in [0, 0.05) is 30.5 Å². The van der Waals surface area contributed by atoms with Crippen molar-refractivity contribution in [1.82, 2.24) is 10.2 Å². The van der Waals surface area contributed by atoms with E-state index in [4.69, 9.17) is 0 Å². The summed E-state index contributed by atoms with van der Waals surface area (Å²) in [6.45, 7) is 1.92. The topological polar surface area (TPSA) is 92.6 Å². The van der Waals surface area contributed by atoms with Crippen LogP contribution in [0.4, 0.5) is 10.1 Å². The number of halogens is 1. The largest absolute Gasteiger partial charge is 0.352 e. The molecule has 1 saturated carbocycles. The number of benzene rings is 2. The SMILES string of the molecule is CC(C(=O)NC1CCCC1)N(Cc1ccc(F)cc1)C(=O)CSCc1ccc([N+](=O)[O-])cc1. The van der Waals surface area contributed by atoms with Gasteiger partial charge in [0.25, 0.3) is 5.69 Å². The number of amides is 2. The zero-order valence-electron chi connectivity index (χ0n) is 18.5. The molecule has 0 heterocycles. The van der Waals surface area contributed by atoms with Crippen molar-refractivity contribution in [2.24, 2.45) is 0 Å². The first kappa shape index (κ1) is 24.7. The molecule has 2 aromatic rings. The average Bonchev–Trinajstić information content (AvgIpc) is 3.31. The number of nitrogens with zero attached hydrogens (tertiary/aromatic N) is 2. The van der Waals surface area contributed by atoms with E-state index in [1.807, 2.05) is 0 Å². The van der Waals surface area contributed by atoms with Gasteiger partial charge < -0.3 is 10.2 Å². The van der Waals surface area contributed by atoms with Gasteiger partial charge in [-0.1, -0.05) is 37.1 Å². The predicted molar refractivity (Wildman–Crippen MR) is 126 cm³/mol. The highest BCUT2D eigenvalue weighted by Gasteiger charge is 2.28. The first-order valence-corrected chi connectivity index (χ1v) is 12.1. The second-order valence-electron chi connectivity index (χ2n) is 8.23. The summed E-state index contributed by atoms with van der Waals surface area (Å²) in [6.07, 6.45) is 4.10. The molecule has 176 valence electrons. The number of thioether (sulfide) groups is 1. The van der Waals surface area contributed by atoms with Crippen molar-refractivity contribution in [2.75, 3.05) is 5.75 Å². The molecular formula is C24H28FN3O4S. The minimum atomic E-state index is -0.664. The lowest BCUT2D eigenvalue weighted by Crippen LogP contribution is -2.50. The Balaban J connectivity index is 1.63. The van der Waals surface area contributed by atoms with Crippen LogP contribution < -0.4 is 5.32 Å². The molecule has 0 aliphatic heterocycles. The van der Waals surface area contributed by atoms with Crippen LogP contribution in [0.2, 0.25) is 0 Å². The molecule has 0 aromatic heterocycles. The molecule has 2 aromatic carbocycles. The molecule has 7 nitrogen and oxygen atoms in total. The van der Waals surface area contributed by atoms with E-state index >= 15 is 0 Å². The van der Waals surface area contributed by atoms with E-state index in [1.54, 1.807) is 31.2 Å². The van der Waals surface area contributed by atoms with Crippen LogP contribution in [0.15, 0.2) is 48.5 Å². The van der Waals surface area contributed by atoms with Crippen molar-refractivity contribution >= 4 is 29.3 Å². The maximum Gasteiger partial charge on any atom is 0.269 e. The van der Waals surface area contributed by atoms with E-state index in [-0.39, 0.29) is 41.7 Å². The molecule has 0 radical (unpaired) electrons. The molecule has 33 heavy (non-hydrogen) atoms. The monoisotopic (exact) mass is 473 g/mol. The minimum Gasteiger partial charge on any atom is -0.352 e. The van der Waals surface area contributed by atoms with Crippen molar-refractivity contribution in [2.45, 2.75) is 57.0 Å². The van der Waals surface area contributed by atoms with Crippen LogP contribution in [0.5, 0.6) is 0 Å². The number of non-ortho nitro benzene ring substituents is 1. The van der Waals surface area contributed by atoms with E-state index in [0.717, 1.165) is 36.8 Å². The Morgan fingerprint density at radius 3 is 2.33 bits per heavy atom. The third-order valence-corrected chi connectivity index (χ3v) is 6.76. The third-order valence-electron chi connectivity index (χ3n) is 5.78. The van der Waals surface area contributed by atoms with E-state index in [1.165, 1.54) is 40.9 Å². The van der Waals surface area contributed by atoms with Crippen LogP contribution in [-0.4, -0.2) is 39.5 Å². The Morgan fingerprint density at radius 2 is 1.73 bits per heavy atom. The van der Waals surface area contributed by atoms with Gasteiger partial charge in [-0.05, 0) is 43.0 Å². The Bertz CT molecular complexity index is 963. The maximum atomic E-state index is 13.3. The van der Waals surface area contributed by atoms with Gasteiger partial charge in [0.15, 0.2) is 0 Å². The molecule has 0 spiro atoms. The highest BCUT2D eigenvalue weighted by atomic mass is 32.2. The Hall–Kier alpha value is -2.94. The van der Waals surface area contributed by atoms with Gasteiger partial charge in [0.1, 0.15) is 11.9 Å². The van der Waals surface area contributed by atoms with Gasteiger partial charge in [-0.15, -0.1) is 11.8 Å². The summed E-state index contributed by atoms with van der Waals surface area (Å²) in [5, 5.41) is 13.8. The Labute approximate surface area is 196 Å². The highest BCUT2D eigenvalue weighted by molar-refractivity contribution is 7.99. The van der Waals surface area contributed by atoms with E-state index in [9.17, 15) is 24.1 Å². The first-order valence-electron chi connectivity index (χ1n) is 11.0. The van der Waals surface area contributed by atoms with Crippen LogP contribution in [0.3, 0.4) is 0 Å². The second-order valence-corrected chi connectivity index (χ2v) is 9.22. The normalized spacial score (nSPS) is 14.6. The molecule has 1 aliphatic rings. The molecule has 1 N–H and O–H groups in total. The zero-order chi connectivity index (χ0) is 23.8. The van der Waals surface area contributed by atoms with Crippen LogP contribution in [0, 0.1) is 15.9 Å². The summed E-state index contributed by atoms with van der Waals surface area (Å²) in [5.41, 5.74) is 1.63. The molecule has 1 aliphatic carbocycles. The lowest BCUT2D eigenvalue weighted by Gasteiger charge is -2.29.